The zero-order valence-electron chi connectivity index (χ0n) is 10.4. The van der Waals surface area contributed by atoms with Crippen LogP contribution >= 0.6 is 34.7 Å². The molecule has 0 aliphatic carbocycles. The summed E-state index contributed by atoms with van der Waals surface area (Å²) in [6, 6.07) is 5.42. The topological polar surface area (TPSA) is 54.9 Å². The first kappa shape index (κ1) is 14.3. The number of halogens is 1. The largest absolute Gasteiger partial charge is 0.325 e. The smallest absolute Gasteiger partial charge is 0.237 e. The zero-order chi connectivity index (χ0) is 13.8. The van der Waals surface area contributed by atoms with E-state index in [-0.39, 0.29) is 11.2 Å². The van der Waals surface area contributed by atoms with Gasteiger partial charge in [-0.3, -0.25) is 4.79 Å². The number of amides is 1. The van der Waals surface area contributed by atoms with Crippen molar-refractivity contribution in [2.45, 2.75) is 23.4 Å². The van der Waals surface area contributed by atoms with Crippen molar-refractivity contribution in [2.24, 2.45) is 0 Å². The highest BCUT2D eigenvalue weighted by atomic mass is 35.5. The quantitative estimate of drug-likeness (QED) is 0.876. The van der Waals surface area contributed by atoms with Crippen LogP contribution in [0.2, 0.25) is 5.02 Å². The highest BCUT2D eigenvalue weighted by Crippen LogP contribution is 2.26. The van der Waals surface area contributed by atoms with Crippen molar-refractivity contribution in [3.8, 4) is 0 Å². The van der Waals surface area contributed by atoms with Gasteiger partial charge >= 0.3 is 0 Å². The maximum atomic E-state index is 12.1. The van der Waals surface area contributed by atoms with Crippen LogP contribution in [-0.4, -0.2) is 21.4 Å². The third kappa shape index (κ3) is 3.92. The van der Waals surface area contributed by atoms with Crippen molar-refractivity contribution >= 4 is 46.3 Å². The number of nitrogens with zero attached hydrogens (tertiary/aromatic N) is 2. The second-order valence-corrected chi connectivity index (χ2v) is 6.77. The molecule has 0 radical (unpaired) electrons. The van der Waals surface area contributed by atoms with E-state index in [4.69, 9.17) is 11.6 Å². The van der Waals surface area contributed by atoms with E-state index in [1.807, 2.05) is 19.9 Å². The molecule has 1 aromatic carbocycles. The van der Waals surface area contributed by atoms with Gasteiger partial charge in [-0.2, -0.15) is 0 Å². The normalized spacial score (nSPS) is 12.2. The lowest BCUT2D eigenvalue weighted by atomic mass is 10.2. The van der Waals surface area contributed by atoms with Crippen LogP contribution in [0.5, 0.6) is 0 Å². The Kier molecular flexibility index (Phi) is 4.79. The van der Waals surface area contributed by atoms with Crippen molar-refractivity contribution < 1.29 is 4.79 Å². The van der Waals surface area contributed by atoms with Crippen LogP contribution in [0.1, 0.15) is 12.5 Å². The van der Waals surface area contributed by atoms with Gasteiger partial charge in [0.2, 0.25) is 5.91 Å². The van der Waals surface area contributed by atoms with E-state index in [0.29, 0.717) is 5.02 Å². The molecule has 2 rings (SSSR count). The summed E-state index contributed by atoms with van der Waals surface area (Å²) in [5.41, 5.74) is 3.36. The molecular formula is C12H12ClN3OS2. The molecule has 1 heterocycles. The zero-order valence-corrected chi connectivity index (χ0v) is 12.8. The van der Waals surface area contributed by atoms with E-state index < -0.39 is 0 Å². The van der Waals surface area contributed by atoms with Crippen LogP contribution < -0.4 is 5.32 Å². The van der Waals surface area contributed by atoms with E-state index in [2.05, 4.69) is 15.5 Å². The number of aromatic nitrogens is 2. The second-order valence-electron chi connectivity index (χ2n) is 3.91. The van der Waals surface area contributed by atoms with Gasteiger partial charge in [0.15, 0.2) is 4.34 Å². The number of anilines is 1. The standard InChI is InChI=1S/C12H12ClN3OS2/c1-7-3-4-9(13)5-10(7)15-11(17)8(2)19-12-16-14-6-18-12/h3-6,8H,1-2H3,(H,15,17). The maximum absolute atomic E-state index is 12.1. The first-order valence-corrected chi connectivity index (χ1v) is 7.70. The van der Waals surface area contributed by atoms with E-state index in [9.17, 15) is 4.79 Å². The summed E-state index contributed by atoms with van der Waals surface area (Å²) in [5, 5.41) is 10.9. The molecule has 0 saturated carbocycles. The maximum Gasteiger partial charge on any atom is 0.237 e. The Morgan fingerprint density at radius 3 is 3.00 bits per heavy atom. The Morgan fingerprint density at radius 1 is 1.53 bits per heavy atom. The Bertz CT molecular complexity index is 574. The number of benzene rings is 1. The number of carbonyl (C=O) groups excluding carboxylic acids is 1. The molecule has 1 aromatic heterocycles. The summed E-state index contributed by atoms with van der Waals surface area (Å²) in [5.74, 6) is -0.0782. The Labute approximate surface area is 124 Å². The number of nitrogens with one attached hydrogen (secondary N) is 1. The van der Waals surface area contributed by atoms with Gasteiger partial charge in [-0.1, -0.05) is 40.8 Å². The molecule has 1 atom stereocenters. The SMILES string of the molecule is Cc1ccc(Cl)cc1NC(=O)C(C)Sc1nncs1. The third-order valence-corrected chi connectivity index (χ3v) is 4.59. The van der Waals surface area contributed by atoms with Crippen molar-refractivity contribution in [1.29, 1.82) is 0 Å². The minimum absolute atomic E-state index is 0.0782. The summed E-state index contributed by atoms with van der Waals surface area (Å²) < 4.78 is 0.783. The Hall–Kier alpha value is -1.11. The number of carbonyl (C=O) groups is 1. The molecule has 0 fully saturated rings. The molecule has 0 aliphatic rings. The average Bonchev–Trinajstić information content (AvgIpc) is 2.86. The van der Waals surface area contributed by atoms with Crippen LogP contribution in [0.25, 0.3) is 0 Å². The van der Waals surface area contributed by atoms with Gasteiger partial charge in [0.05, 0.1) is 5.25 Å². The van der Waals surface area contributed by atoms with Gasteiger partial charge in [0.25, 0.3) is 0 Å². The molecule has 0 aliphatic heterocycles. The third-order valence-electron chi connectivity index (χ3n) is 2.44. The summed E-state index contributed by atoms with van der Waals surface area (Å²) in [6.45, 7) is 3.76. The molecule has 2 aromatic rings. The molecule has 7 heteroatoms. The molecule has 1 unspecified atom stereocenters. The summed E-state index contributed by atoms with van der Waals surface area (Å²) >= 11 is 8.73. The number of thioether (sulfide) groups is 1. The van der Waals surface area contributed by atoms with E-state index in [0.717, 1.165) is 15.6 Å². The van der Waals surface area contributed by atoms with E-state index in [1.54, 1.807) is 17.6 Å². The van der Waals surface area contributed by atoms with Crippen LogP contribution in [0.15, 0.2) is 28.0 Å². The van der Waals surface area contributed by atoms with Crippen molar-refractivity contribution in [3.63, 3.8) is 0 Å². The fraction of sp³-hybridized carbons (Fsp3) is 0.250. The molecule has 0 saturated heterocycles. The van der Waals surface area contributed by atoms with Crippen LogP contribution in [0.3, 0.4) is 0 Å². The Morgan fingerprint density at radius 2 is 2.32 bits per heavy atom. The molecule has 1 amide bonds. The molecular weight excluding hydrogens is 302 g/mol. The van der Waals surface area contributed by atoms with Gasteiger partial charge in [0, 0.05) is 10.7 Å². The predicted molar refractivity (Wildman–Crippen MR) is 80.0 cm³/mol. The molecule has 19 heavy (non-hydrogen) atoms. The van der Waals surface area contributed by atoms with Crippen molar-refractivity contribution in [3.05, 3.63) is 34.3 Å². The molecule has 0 bridgehead atoms. The predicted octanol–water partition coefficient (Wildman–Crippen LogP) is 3.62. The fourth-order valence-electron chi connectivity index (χ4n) is 1.38. The lowest BCUT2D eigenvalue weighted by Crippen LogP contribution is -2.22. The van der Waals surface area contributed by atoms with Gasteiger partial charge in [0.1, 0.15) is 5.51 Å². The highest BCUT2D eigenvalue weighted by molar-refractivity contribution is 8.02. The van der Waals surface area contributed by atoms with Crippen molar-refractivity contribution in [2.75, 3.05) is 5.32 Å². The minimum Gasteiger partial charge on any atom is -0.325 e. The first-order valence-electron chi connectivity index (χ1n) is 5.56. The molecule has 1 N–H and O–H groups in total. The van der Waals surface area contributed by atoms with Crippen LogP contribution in [-0.2, 0) is 4.79 Å². The van der Waals surface area contributed by atoms with Gasteiger partial charge in [-0.25, -0.2) is 0 Å². The van der Waals surface area contributed by atoms with Crippen molar-refractivity contribution in [1.82, 2.24) is 10.2 Å². The number of rotatable bonds is 4. The number of hydrogen-bond acceptors (Lipinski definition) is 5. The van der Waals surface area contributed by atoms with Crippen LogP contribution in [0, 0.1) is 6.92 Å². The second kappa shape index (κ2) is 6.36. The van der Waals surface area contributed by atoms with E-state index in [1.165, 1.54) is 23.1 Å². The molecule has 0 spiro atoms. The lowest BCUT2D eigenvalue weighted by molar-refractivity contribution is -0.115. The van der Waals surface area contributed by atoms with Gasteiger partial charge in [-0.05, 0) is 31.5 Å². The number of hydrogen-bond donors (Lipinski definition) is 1. The average molecular weight is 314 g/mol. The van der Waals surface area contributed by atoms with Crippen LogP contribution in [0.4, 0.5) is 5.69 Å². The minimum atomic E-state index is -0.244. The highest BCUT2D eigenvalue weighted by Gasteiger charge is 2.17. The number of aryl methyl sites for hydroxylation is 1. The first-order chi connectivity index (χ1) is 9.06. The van der Waals surface area contributed by atoms with E-state index >= 15 is 0 Å². The van der Waals surface area contributed by atoms with Gasteiger partial charge in [-0.15, -0.1) is 10.2 Å². The lowest BCUT2D eigenvalue weighted by Gasteiger charge is -2.12. The Balaban J connectivity index is 2.02. The monoisotopic (exact) mass is 313 g/mol. The summed E-state index contributed by atoms with van der Waals surface area (Å²) in [7, 11) is 0. The summed E-state index contributed by atoms with van der Waals surface area (Å²) in [6.07, 6.45) is 0. The molecule has 100 valence electrons. The molecule has 4 nitrogen and oxygen atoms in total. The summed E-state index contributed by atoms with van der Waals surface area (Å²) in [4.78, 5) is 12.1. The fourth-order valence-corrected chi connectivity index (χ4v) is 3.18. The van der Waals surface area contributed by atoms with Gasteiger partial charge < -0.3 is 5.32 Å².